The molecule has 2 aromatic carbocycles. The van der Waals surface area contributed by atoms with Crippen LogP contribution in [0.3, 0.4) is 0 Å². The molecule has 0 aromatic heterocycles. The van der Waals surface area contributed by atoms with Crippen molar-refractivity contribution in [3.63, 3.8) is 0 Å². The van der Waals surface area contributed by atoms with Crippen molar-refractivity contribution in [2.75, 3.05) is 7.11 Å². The highest BCUT2D eigenvalue weighted by atomic mass is 16.5. The Bertz CT molecular complexity index is 878. The van der Waals surface area contributed by atoms with Crippen LogP contribution in [0.15, 0.2) is 49.1 Å². The molecule has 0 aliphatic rings. The molecule has 0 aliphatic heterocycles. The summed E-state index contributed by atoms with van der Waals surface area (Å²) in [6.07, 6.45) is 4.53. The molecule has 0 aliphatic carbocycles. The fourth-order valence-electron chi connectivity index (χ4n) is 2.50. The Morgan fingerprint density at radius 2 is 1.77 bits per heavy atom. The summed E-state index contributed by atoms with van der Waals surface area (Å²) in [5.41, 5.74) is 0.967. The maximum atomic E-state index is 12.5. The lowest BCUT2D eigenvalue weighted by atomic mass is 9.83. The molecule has 0 saturated heterocycles. The number of phenols is 3. The molecule has 0 heterocycles. The van der Waals surface area contributed by atoms with Crippen LogP contribution in [0.5, 0.6) is 23.0 Å². The predicted octanol–water partition coefficient (Wildman–Crippen LogP) is 4.17. The second-order valence-electron chi connectivity index (χ2n) is 6.41. The first-order valence-electron chi connectivity index (χ1n) is 7.99. The average molecular weight is 354 g/mol. The third kappa shape index (κ3) is 3.72. The van der Waals surface area contributed by atoms with Gasteiger partial charge in [-0.1, -0.05) is 19.9 Å². The van der Waals surface area contributed by atoms with Gasteiger partial charge in [-0.25, -0.2) is 0 Å². The van der Waals surface area contributed by atoms with E-state index in [1.54, 1.807) is 12.1 Å². The molecule has 26 heavy (non-hydrogen) atoms. The number of carbonyl (C=O) groups excluding carboxylic acids is 1. The van der Waals surface area contributed by atoms with Gasteiger partial charge in [0, 0.05) is 22.1 Å². The number of ether oxygens (including phenoxy) is 1. The normalized spacial score (nSPS) is 11.5. The van der Waals surface area contributed by atoms with Crippen LogP contribution in [0.1, 0.15) is 35.3 Å². The standard InChI is InChI=1S/C21H22O5/c1-5-21(2,3)15-12-14(8-10-17(15)23)16(22)9-6-13-7-11-18(24)19(25)20(13)26-4/h5-12,23-25H,1H2,2-4H3/b9-6+. The molecule has 2 rings (SSSR count). The molecular formula is C21H22O5. The fraction of sp³-hybridized carbons (Fsp3) is 0.190. The molecule has 3 N–H and O–H groups in total. The summed E-state index contributed by atoms with van der Waals surface area (Å²) < 4.78 is 5.07. The number of ketones is 1. The minimum Gasteiger partial charge on any atom is -0.508 e. The summed E-state index contributed by atoms with van der Waals surface area (Å²) in [7, 11) is 1.36. The van der Waals surface area contributed by atoms with E-state index in [9.17, 15) is 20.1 Å². The molecule has 5 nitrogen and oxygen atoms in total. The van der Waals surface area contributed by atoms with Crippen molar-refractivity contribution in [2.45, 2.75) is 19.3 Å². The van der Waals surface area contributed by atoms with E-state index in [0.717, 1.165) is 0 Å². The SMILES string of the molecule is C=CC(C)(C)c1cc(C(=O)/C=C/c2ccc(O)c(O)c2OC)ccc1O. The molecular weight excluding hydrogens is 332 g/mol. The average Bonchev–Trinajstić information content (AvgIpc) is 2.62. The Hall–Kier alpha value is -3.21. The summed E-state index contributed by atoms with van der Waals surface area (Å²) in [6, 6.07) is 7.49. The minimum atomic E-state index is -0.490. The third-order valence-corrected chi connectivity index (χ3v) is 4.24. The van der Waals surface area contributed by atoms with Crippen molar-refractivity contribution in [2.24, 2.45) is 0 Å². The van der Waals surface area contributed by atoms with Crippen molar-refractivity contribution < 1.29 is 24.9 Å². The molecule has 0 amide bonds. The van der Waals surface area contributed by atoms with E-state index in [0.29, 0.717) is 16.7 Å². The molecule has 5 heteroatoms. The van der Waals surface area contributed by atoms with Crippen molar-refractivity contribution in [3.8, 4) is 23.0 Å². The van der Waals surface area contributed by atoms with Gasteiger partial charge in [-0.2, -0.15) is 0 Å². The van der Waals surface area contributed by atoms with Crippen LogP contribution in [0, 0.1) is 0 Å². The van der Waals surface area contributed by atoms with Gasteiger partial charge in [0.2, 0.25) is 5.75 Å². The van der Waals surface area contributed by atoms with Gasteiger partial charge in [0.1, 0.15) is 5.75 Å². The Balaban J connectivity index is 2.37. The molecule has 0 spiro atoms. The van der Waals surface area contributed by atoms with Gasteiger partial charge in [0.25, 0.3) is 0 Å². The first-order valence-corrected chi connectivity index (χ1v) is 7.99. The molecule has 0 unspecified atom stereocenters. The van der Waals surface area contributed by atoms with Gasteiger partial charge in [0.05, 0.1) is 7.11 Å². The largest absolute Gasteiger partial charge is 0.508 e. The van der Waals surface area contributed by atoms with Crippen LogP contribution < -0.4 is 4.74 Å². The number of benzene rings is 2. The molecule has 0 atom stereocenters. The van der Waals surface area contributed by atoms with Crippen LogP contribution in [0.25, 0.3) is 6.08 Å². The zero-order valence-electron chi connectivity index (χ0n) is 15.0. The molecule has 0 saturated carbocycles. The number of hydrogen-bond donors (Lipinski definition) is 3. The Kier molecular flexibility index (Phi) is 5.41. The van der Waals surface area contributed by atoms with E-state index in [2.05, 4.69) is 6.58 Å². The second kappa shape index (κ2) is 7.35. The first kappa shape index (κ1) is 19.1. The van der Waals surface area contributed by atoms with E-state index in [1.807, 2.05) is 13.8 Å². The first-order chi connectivity index (χ1) is 12.2. The van der Waals surface area contributed by atoms with Crippen LogP contribution in [0.4, 0.5) is 0 Å². The number of rotatable bonds is 6. The zero-order valence-corrected chi connectivity index (χ0v) is 15.0. The van der Waals surface area contributed by atoms with Crippen LogP contribution in [-0.4, -0.2) is 28.2 Å². The number of carbonyl (C=O) groups is 1. The van der Waals surface area contributed by atoms with E-state index in [1.165, 1.54) is 43.5 Å². The molecule has 0 fully saturated rings. The van der Waals surface area contributed by atoms with Crippen molar-refractivity contribution in [1.82, 2.24) is 0 Å². The van der Waals surface area contributed by atoms with Gasteiger partial charge in [-0.3, -0.25) is 4.79 Å². The number of phenolic OH excluding ortho intramolecular Hbond substituents is 3. The molecule has 0 radical (unpaired) electrons. The Labute approximate surface area is 152 Å². The van der Waals surface area contributed by atoms with Crippen molar-refractivity contribution in [3.05, 3.63) is 65.8 Å². The topological polar surface area (TPSA) is 87.0 Å². The molecule has 136 valence electrons. The summed E-state index contributed by atoms with van der Waals surface area (Å²) in [6.45, 7) is 7.55. The molecule has 2 aromatic rings. The summed E-state index contributed by atoms with van der Waals surface area (Å²) in [5, 5.41) is 29.4. The van der Waals surface area contributed by atoms with Gasteiger partial charge in [-0.05, 0) is 42.5 Å². The summed E-state index contributed by atoms with van der Waals surface area (Å²) in [5.74, 6) is -0.795. The summed E-state index contributed by atoms with van der Waals surface area (Å²) in [4.78, 5) is 12.5. The predicted molar refractivity (Wildman–Crippen MR) is 101 cm³/mol. The minimum absolute atomic E-state index is 0.0771. The van der Waals surface area contributed by atoms with Crippen LogP contribution in [-0.2, 0) is 5.41 Å². The van der Waals surface area contributed by atoms with E-state index >= 15 is 0 Å². The maximum Gasteiger partial charge on any atom is 0.201 e. The van der Waals surface area contributed by atoms with E-state index in [-0.39, 0.29) is 28.8 Å². The Morgan fingerprint density at radius 3 is 2.38 bits per heavy atom. The highest BCUT2D eigenvalue weighted by Crippen LogP contribution is 2.38. The summed E-state index contributed by atoms with van der Waals surface area (Å²) >= 11 is 0. The van der Waals surface area contributed by atoms with Gasteiger partial charge < -0.3 is 20.1 Å². The zero-order chi connectivity index (χ0) is 19.5. The second-order valence-corrected chi connectivity index (χ2v) is 6.41. The highest BCUT2D eigenvalue weighted by molar-refractivity contribution is 6.07. The van der Waals surface area contributed by atoms with Gasteiger partial charge in [-0.15, -0.1) is 6.58 Å². The van der Waals surface area contributed by atoms with E-state index < -0.39 is 5.41 Å². The number of allylic oxidation sites excluding steroid dienone is 2. The van der Waals surface area contributed by atoms with Crippen molar-refractivity contribution in [1.29, 1.82) is 0 Å². The third-order valence-electron chi connectivity index (χ3n) is 4.24. The number of methoxy groups -OCH3 is 1. The maximum absolute atomic E-state index is 12.5. The lowest BCUT2D eigenvalue weighted by molar-refractivity contribution is 0.104. The lowest BCUT2D eigenvalue weighted by Gasteiger charge is -2.22. The van der Waals surface area contributed by atoms with E-state index in [4.69, 9.17) is 4.74 Å². The number of hydrogen-bond acceptors (Lipinski definition) is 5. The fourth-order valence-corrected chi connectivity index (χ4v) is 2.50. The van der Waals surface area contributed by atoms with Crippen LogP contribution >= 0.6 is 0 Å². The van der Waals surface area contributed by atoms with Crippen LogP contribution in [0.2, 0.25) is 0 Å². The highest BCUT2D eigenvalue weighted by Gasteiger charge is 2.21. The van der Waals surface area contributed by atoms with Gasteiger partial charge in [0.15, 0.2) is 17.3 Å². The monoisotopic (exact) mass is 354 g/mol. The quantitative estimate of drug-likeness (QED) is 0.314. The molecule has 0 bridgehead atoms. The van der Waals surface area contributed by atoms with Crippen molar-refractivity contribution >= 4 is 11.9 Å². The van der Waals surface area contributed by atoms with Gasteiger partial charge >= 0.3 is 0 Å². The Morgan fingerprint density at radius 1 is 1.12 bits per heavy atom. The lowest BCUT2D eigenvalue weighted by Crippen LogP contribution is -2.14. The smallest absolute Gasteiger partial charge is 0.201 e. The number of aromatic hydroxyl groups is 3.